The molecule has 0 aliphatic carbocycles. The number of hydrogen-bond donors (Lipinski definition) is 1. The van der Waals surface area contributed by atoms with Gasteiger partial charge in [-0.2, -0.15) is 0 Å². The van der Waals surface area contributed by atoms with E-state index in [2.05, 4.69) is 5.32 Å². The zero-order chi connectivity index (χ0) is 16.2. The number of anilines is 1. The van der Waals surface area contributed by atoms with E-state index in [1.54, 1.807) is 24.3 Å². The van der Waals surface area contributed by atoms with Gasteiger partial charge in [0.1, 0.15) is 0 Å². The average Bonchev–Trinajstić information content (AvgIpc) is 2.54. The van der Waals surface area contributed by atoms with Gasteiger partial charge >= 0.3 is 7.60 Å². The Hall–Kier alpha value is -1.32. The molecule has 0 aromatic heterocycles. The van der Waals surface area contributed by atoms with Crippen LogP contribution in [0.3, 0.4) is 0 Å². The highest BCUT2D eigenvalue weighted by atomic mass is 35.5. The molecule has 6 heteroatoms. The molecule has 1 atom stereocenters. The molecular weight excluding hydrogens is 321 g/mol. The summed E-state index contributed by atoms with van der Waals surface area (Å²) in [6.07, 6.45) is 0. The lowest BCUT2D eigenvalue weighted by Gasteiger charge is -2.26. The topological polar surface area (TPSA) is 47.6 Å². The molecule has 1 N–H and O–H groups in total. The third-order valence-electron chi connectivity index (χ3n) is 3.37. The minimum atomic E-state index is -3.36. The van der Waals surface area contributed by atoms with E-state index >= 15 is 0 Å². The fraction of sp³-hybridized carbons (Fsp3) is 0.250. The highest BCUT2D eigenvalue weighted by Gasteiger charge is 2.35. The van der Waals surface area contributed by atoms with Gasteiger partial charge in [-0.1, -0.05) is 41.4 Å². The molecule has 118 valence electrons. The van der Waals surface area contributed by atoms with Crippen molar-refractivity contribution >= 4 is 24.9 Å². The molecule has 0 aliphatic rings. The Morgan fingerprint density at radius 2 is 1.55 bits per heavy atom. The lowest BCUT2D eigenvalue weighted by molar-refractivity contribution is 0.268. The maximum atomic E-state index is 12.9. The molecule has 0 saturated carbocycles. The molecule has 0 saturated heterocycles. The zero-order valence-electron chi connectivity index (χ0n) is 12.7. The van der Waals surface area contributed by atoms with Crippen LogP contribution in [0, 0.1) is 6.92 Å². The van der Waals surface area contributed by atoms with Gasteiger partial charge in [0.05, 0.1) is 0 Å². The summed E-state index contributed by atoms with van der Waals surface area (Å²) in [5.41, 5.74) is 2.76. The lowest BCUT2D eigenvalue weighted by atomic mass is 10.2. The Balaban J connectivity index is 2.39. The molecule has 0 fully saturated rings. The van der Waals surface area contributed by atoms with E-state index < -0.39 is 13.4 Å². The van der Waals surface area contributed by atoms with Crippen LogP contribution >= 0.6 is 19.2 Å². The normalized spacial score (nSPS) is 12.9. The van der Waals surface area contributed by atoms with Crippen molar-refractivity contribution in [3.8, 4) is 0 Å². The van der Waals surface area contributed by atoms with E-state index in [1.165, 1.54) is 14.2 Å². The standard InChI is InChI=1S/C16H19ClNO3P/c1-12-4-10-15(11-5-12)18-16(22(19,20-2)21-3)13-6-8-14(17)9-7-13/h4-11,16,18H,1-3H3. The van der Waals surface area contributed by atoms with Crippen molar-refractivity contribution in [1.82, 2.24) is 0 Å². The molecule has 2 aromatic rings. The molecule has 0 aliphatic heterocycles. The highest BCUT2D eigenvalue weighted by Crippen LogP contribution is 2.59. The average molecular weight is 340 g/mol. The first-order valence-electron chi connectivity index (χ1n) is 6.78. The van der Waals surface area contributed by atoms with E-state index in [1.807, 2.05) is 31.2 Å². The predicted octanol–water partition coefficient (Wildman–Crippen LogP) is 5.25. The summed E-state index contributed by atoms with van der Waals surface area (Å²) in [5.74, 6) is -0.623. The quantitative estimate of drug-likeness (QED) is 0.731. The minimum Gasteiger partial charge on any atom is -0.368 e. The fourth-order valence-corrected chi connectivity index (χ4v) is 3.62. The summed E-state index contributed by atoms with van der Waals surface area (Å²) in [4.78, 5) is 0. The maximum absolute atomic E-state index is 12.9. The number of aryl methyl sites for hydroxylation is 1. The zero-order valence-corrected chi connectivity index (χ0v) is 14.4. The Labute approximate surface area is 135 Å². The van der Waals surface area contributed by atoms with Crippen LogP contribution in [0.15, 0.2) is 48.5 Å². The number of halogens is 1. The molecule has 0 spiro atoms. The summed E-state index contributed by atoms with van der Waals surface area (Å²) >= 11 is 5.92. The molecule has 0 amide bonds. The van der Waals surface area contributed by atoms with Crippen LogP contribution in [0.4, 0.5) is 5.69 Å². The van der Waals surface area contributed by atoms with Crippen molar-refractivity contribution in [1.29, 1.82) is 0 Å². The van der Waals surface area contributed by atoms with Gasteiger partial charge in [0, 0.05) is 24.9 Å². The van der Waals surface area contributed by atoms with Crippen molar-refractivity contribution in [3.05, 3.63) is 64.7 Å². The second-order valence-corrected chi connectivity index (χ2v) is 7.63. The highest BCUT2D eigenvalue weighted by molar-refractivity contribution is 7.54. The van der Waals surface area contributed by atoms with Gasteiger partial charge in [-0.25, -0.2) is 0 Å². The van der Waals surface area contributed by atoms with Crippen molar-refractivity contribution in [2.24, 2.45) is 0 Å². The first-order chi connectivity index (χ1) is 10.5. The molecule has 2 rings (SSSR count). The number of nitrogens with one attached hydrogen (secondary N) is 1. The summed E-state index contributed by atoms with van der Waals surface area (Å²) in [5, 5.41) is 3.84. The maximum Gasteiger partial charge on any atom is 0.356 e. The van der Waals surface area contributed by atoms with Gasteiger partial charge in [-0.3, -0.25) is 4.57 Å². The van der Waals surface area contributed by atoms with E-state index in [9.17, 15) is 4.57 Å². The van der Waals surface area contributed by atoms with E-state index in [-0.39, 0.29) is 0 Å². The molecule has 0 bridgehead atoms. The molecule has 4 nitrogen and oxygen atoms in total. The van der Waals surface area contributed by atoms with E-state index in [0.29, 0.717) is 5.02 Å². The van der Waals surface area contributed by atoms with Crippen molar-refractivity contribution in [2.45, 2.75) is 12.7 Å². The molecule has 2 aromatic carbocycles. The van der Waals surface area contributed by atoms with Gasteiger partial charge in [0.25, 0.3) is 0 Å². The van der Waals surface area contributed by atoms with Crippen molar-refractivity contribution < 1.29 is 13.6 Å². The summed E-state index contributed by atoms with van der Waals surface area (Å²) in [6, 6.07) is 14.9. The Morgan fingerprint density at radius 3 is 2.05 bits per heavy atom. The van der Waals surface area contributed by atoms with Crippen molar-refractivity contribution in [3.63, 3.8) is 0 Å². The number of benzene rings is 2. The summed E-state index contributed by atoms with van der Waals surface area (Å²) in [7, 11) is -0.602. The minimum absolute atomic E-state index is 0.613. The van der Waals surface area contributed by atoms with Crippen molar-refractivity contribution in [2.75, 3.05) is 19.5 Å². The van der Waals surface area contributed by atoms with Crippen LogP contribution in [0.1, 0.15) is 16.9 Å². The van der Waals surface area contributed by atoms with Gasteiger partial charge in [0.15, 0.2) is 5.78 Å². The Kier molecular flexibility index (Phi) is 5.65. The second-order valence-electron chi connectivity index (χ2n) is 4.87. The number of rotatable bonds is 6. The SMILES string of the molecule is COP(=O)(OC)C(Nc1ccc(C)cc1)c1ccc(Cl)cc1. The lowest BCUT2D eigenvalue weighted by Crippen LogP contribution is -2.13. The van der Waals surface area contributed by atoms with Crippen LogP contribution in [0.2, 0.25) is 5.02 Å². The van der Waals surface area contributed by atoms with Gasteiger partial charge in [-0.15, -0.1) is 0 Å². The van der Waals surface area contributed by atoms with Crippen LogP contribution in [0.5, 0.6) is 0 Å². The van der Waals surface area contributed by atoms with E-state index in [0.717, 1.165) is 16.8 Å². The van der Waals surface area contributed by atoms with Gasteiger partial charge in [-0.05, 0) is 36.8 Å². The van der Waals surface area contributed by atoms with Gasteiger partial charge < -0.3 is 14.4 Å². The van der Waals surface area contributed by atoms with Gasteiger partial charge in [0.2, 0.25) is 0 Å². The second kappa shape index (κ2) is 7.30. The number of hydrogen-bond acceptors (Lipinski definition) is 4. The van der Waals surface area contributed by atoms with Crippen LogP contribution in [-0.4, -0.2) is 14.2 Å². The molecule has 22 heavy (non-hydrogen) atoms. The van der Waals surface area contributed by atoms with Crippen LogP contribution < -0.4 is 5.32 Å². The first kappa shape index (κ1) is 17.0. The third-order valence-corrected chi connectivity index (χ3v) is 5.70. The fourth-order valence-electron chi connectivity index (χ4n) is 2.08. The third kappa shape index (κ3) is 3.90. The monoisotopic (exact) mass is 339 g/mol. The predicted molar refractivity (Wildman–Crippen MR) is 90.6 cm³/mol. The molecular formula is C16H19ClNO3P. The molecule has 1 unspecified atom stereocenters. The molecule has 0 heterocycles. The first-order valence-corrected chi connectivity index (χ1v) is 8.77. The van der Waals surface area contributed by atoms with E-state index in [4.69, 9.17) is 20.6 Å². The van der Waals surface area contributed by atoms with Crippen LogP contribution in [-0.2, 0) is 13.6 Å². The summed E-state index contributed by atoms with van der Waals surface area (Å²) < 4.78 is 23.2. The summed E-state index contributed by atoms with van der Waals surface area (Å²) in [6.45, 7) is 2.01. The Bertz CT molecular complexity index is 650. The Morgan fingerprint density at radius 1 is 1.00 bits per heavy atom. The van der Waals surface area contributed by atoms with Crippen LogP contribution in [0.25, 0.3) is 0 Å². The molecule has 0 radical (unpaired) electrons. The smallest absolute Gasteiger partial charge is 0.356 e. The largest absolute Gasteiger partial charge is 0.368 e.